The summed E-state index contributed by atoms with van der Waals surface area (Å²) in [6, 6.07) is 18.1. The number of rotatable bonds is 10. The zero-order valence-electron chi connectivity index (χ0n) is 23.8. The van der Waals surface area contributed by atoms with Crippen LogP contribution in [0.15, 0.2) is 76.5 Å². The summed E-state index contributed by atoms with van der Waals surface area (Å²) in [6.07, 6.45) is -1.16. The molecular weight excluding hydrogens is 596 g/mol. The molecule has 0 aliphatic carbocycles. The first kappa shape index (κ1) is 31.2. The second-order valence-electron chi connectivity index (χ2n) is 11.0. The third-order valence-electron chi connectivity index (χ3n) is 8.26. The van der Waals surface area contributed by atoms with Crippen molar-refractivity contribution in [2.45, 2.75) is 53.7 Å². The van der Waals surface area contributed by atoms with Crippen molar-refractivity contribution in [3.8, 4) is 5.75 Å². The number of benzene rings is 3. The molecule has 2 fully saturated rings. The zero-order chi connectivity index (χ0) is 30.8. The zero-order valence-corrected chi connectivity index (χ0v) is 25.5. The van der Waals surface area contributed by atoms with Crippen LogP contribution in [0.5, 0.6) is 5.75 Å². The topological polar surface area (TPSA) is 151 Å². The van der Waals surface area contributed by atoms with Crippen LogP contribution in [0, 0.1) is 0 Å². The van der Waals surface area contributed by atoms with Crippen molar-refractivity contribution in [3.63, 3.8) is 0 Å². The highest BCUT2D eigenvalue weighted by molar-refractivity contribution is 7.91. The highest BCUT2D eigenvalue weighted by Gasteiger charge is 2.47. The van der Waals surface area contributed by atoms with Gasteiger partial charge in [-0.1, -0.05) is 43.3 Å². The molecule has 0 radical (unpaired) electrons. The number of sulfone groups is 1. The maximum Gasteiger partial charge on any atom is 0.407 e. The Bertz CT molecular complexity index is 1690. The molecule has 3 aromatic rings. The van der Waals surface area contributed by atoms with Crippen molar-refractivity contribution in [1.82, 2.24) is 9.21 Å². The molecule has 11 nitrogen and oxygen atoms in total. The van der Waals surface area contributed by atoms with E-state index < -0.39 is 43.7 Å². The molecule has 0 aromatic heterocycles. The largest absolute Gasteiger partial charge is 0.491 e. The third kappa shape index (κ3) is 6.80. The van der Waals surface area contributed by atoms with Crippen LogP contribution in [0.25, 0.3) is 10.8 Å². The molecule has 43 heavy (non-hydrogen) atoms. The summed E-state index contributed by atoms with van der Waals surface area (Å²) >= 11 is 0. The molecular formula is C30H36N2O9S2. The molecule has 232 valence electrons. The van der Waals surface area contributed by atoms with Gasteiger partial charge in [-0.25, -0.2) is 21.6 Å². The van der Waals surface area contributed by atoms with Crippen molar-refractivity contribution in [2.24, 2.45) is 0 Å². The highest BCUT2D eigenvalue weighted by Crippen LogP contribution is 2.39. The number of hydrogen-bond donors (Lipinski definition) is 2. The number of amides is 1. The van der Waals surface area contributed by atoms with Gasteiger partial charge in [0.25, 0.3) is 0 Å². The van der Waals surface area contributed by atoms with Crippen LogP contribution in [0.1, 0.15) is 26.2 Å². The molecule has 13 heteroatoms. The molecule has 2 atom stereocenters. The lowest BCUT2D eigenvalue weighted by atomic mass is 9.88. The van der Waals surface area contributed by atoms with Crippen LogP contribution < -0.4 is 4.74 Å². The Hall–Kier alpha value is -3.23. The van der Waals surface area contributed by atoms with Crippen LogP contribution in [-0.2, 0) is 24.6 Å². The summed E-state index contributed by atoms with van der Waals surface area (Å²) in [5.41, 5.74) is -0.652. The third-order valence-corrected chi connectivity index (χ3v) is 11.9. The molecule has 0 saturated carbocycles. The number of aliphatic hydroxyl groups excluding tert-OH is 1. The van der Waals surface area contributed by atoms with Gasteiger partial charge < -0.3 is 24.6 Å². The maximum atomic E-state index is 13.4. The van der Waals surface area contributed by atoms with Crippen LogP contribution in [0.3, 0.4) is 0 Å². The average Bonchev–Trinajstić information content (AvgIpc) is 3.41. The van der Waals surface area contributed by atoms with Crippen molar-refractivity contribution in [2.75, 3.05) is 38.6 Å². The molecule has 2 heterocycles. The molecule has 2 aliphatic rings. The molecule has 2 saturated heterocycles. The Balaban J connectivity index is 1.17. The minimum atomic E-state index is -3.71. The minimum Gasteiger partial charge on any atom is -0.491 e. The Labute approximate surface area is 251 Å². The van der Waals surface area contributed by atoms with E-state index in [0.717, 1.165) is 15.7 Å². The lowest BCUT2D eigenvalue weighted by Gasteiger charge is -2.38. The standard InChI is InChI=1S/C30H36N2O9S2/c1-2-42(36,37)27-9-5-8-26(17-27)40-21-25(33)19-32(29(34)35)24-18-30(41-20-24)12-14-31(15-13-30)43(38,39)28-11-10-22-6-3-4-7-23(22)16-28/h3-11,16-17,24-25,33H,2,12-15,18-21H2,1H3,(H,34,35). The van der Waals surface area contributed by atoms with E-state index in [0.29, 0.717) is 19.3 Å². The van der Waals surface area contributed by atoms with E-state index in [1.54, 1.807) is 37.3 Å². The Morgan fingerprint density at radius 3 is 2.44 bits per heavy atom. The lowest BCUT2D eigenvalue weighted by molar-refractivity contribution is -0.0319. The summed E-state index contributed by atoms with van der Waals surface area (Å²) in [6.45, 7) is 1.71. The smallest absolute Gasteiger partial charge is 0.407 e. The number of aliphatic hydroxyl groups is 1. The first-order valence-electron chi connectivity index (χ1n) is 14.2. The first-order valence-corrected chi connectivity index (χ1v) is 17.3. The fraction of sp³-hybridized carbons (Fsp3) is 0.433. The average molecular weight is 633 g/mol. The van der Waals surface area contributed by atoms with Crippen LogP contribution >= 0.6 is 0 Å². The summed E-state index contributed by atoms with van der Waals surface area (Å²) in [5, 5.41) is 22.3. The van der Waals surface area contributed by atoms with E-state index in [9.17, 15) is 31.8 Å². The Morgan fingerprint density at radius 2 is 1.74 bits per heavy atom. The van der Waals surface area contributed by atoms with E-state index in [4.69, 9.17) is 9.47 Å². The number of piperidine rings is 1. The molecule has 1 spiro atoms. The van der Waals surface area contributed by atoms with Crippen molar-refractivity contribution in [1.29, 1.82) is 0 Å². The van der Waals surface area contributed by atoms with Gasteiger partial charge in [0.05, 0.1) is 40.3 Å². The second-order valence-corrected chi connectivity index (χ2v) is 15.3. The molecule has 5 rings (SSSR count). The van der Waals surface area contributed by atoms with Gasteiger partial charge in [0.2, 0.25) is 10.0 Å². The molecule has 2 N–H and O–H groups in total. The van der Waals surface area contributed by atoms with Gasteiger partial charge in [-0.15, -0.1) is 0 Å². The van der Waals surface area contributed by atoms with Gasteiger partial charge in [0.15, 0.2) is 9.84 Å². The van der Waals surface area contributed by atoms with E-state index in [1.807, 2.05) is 24.3 Å². The van der Waals surface area contributed by atoms with Gasteiger partial charge in [-0.2, -0.15) is 4.31 Å². The van der Waals surface area contributed by atoms with Gasteiger partial charge in [0.1, 0.15) is 18.5 Å². The van der Waals surface area contributed by atoms with Crippen LogP contribution in [0.2, 0.25) is 0 Å². The summed E-state index contributed by atoms with van der Waals surface area (Å²) in [4.78, 5) is 13.6. The lowest BCUT2D eigenvalue weighted by Crippen LogP contribution is -2.48. The fourth-order valence-corrected chi connectivity index (χ4v) is 8.15. The summed E-state index contributed by atoms with van der Waals surface area (Å²) in [5.74, 6) is 0.194. The van der Waals surface area contributed by atoms with E-state index in [1.165, 1.54) is 16.4 Å². The molecule has 1 amide bonds. The van der Waals surface area contributed by atoms with Crippen molar-refractivity contribution in [3.05, 3.63) is 66.7 Å². The molecule has 0 bridgehead atoms. The van der Waals surface area contributed by atoms with Gasteiger partial charge >= 0.3 is 6.09 Å². The van der Waals surface area contributed by atoms with Gasteiger partial charge in [0, 0.05) is 13.1 Å². The summed E-state index contributed by atoms with van der Waals surface area (Å²) in [7, 11) is -7.13. The summed E-state index contributed by atoms with van der Waals surface area (Å²) < 4.78 is 64.2. The number of ether oxygens (including phenoxy) is 2. The van der Waals surface area contributed by atoms with E-state index in [2.05, 4.69) is 0 Å². The van der Waals surface area contributed by atoms with Crippen molar-refractivity contribution >= 4 is 36.7 Å². The van der Waals surface area contributed by atoms with E-state index in [-0.39, 0.29) is 54.1 Å². The number of carbonyl (C=O) groups is 1. The number of fused-ring (bicyclic) bond motifs is 1. The van der Waals surface area contributed by atoms with Gasteiger partial charge in [-0.05, 0) is 60.4 Å². The van der Waals surface area contributed by atoms with E-state index >= 15 is 0 Å². The molecule has 2 aliphatic heterocycles. The first-order chi connectivity index (χ1) is 20.4. The predicted octanol–water partition coefficient (Wildman–Crippen LogP) is 3.37. The van der Waals surface area contributed by atoms with Crippen LogP contribution in [-0.4, -0.2) is 98.7 Å². The minimum absolute atomic E-state index is 0.0596. The second kappa shape index (κ2) is 12.4. The molecule has 2 unspecified atom stereocenters. The normalized spacial score (nSPS) is 19.8. The van der Waals surface area contributed by atoms with Crippen LogP contribution in [0.4, 0.5) is 4.79 Å². The number of hydrogen-bond acceptors (Lipinski definition) is 8. The number of nitrogens with zero attached hydrogens (tertiary/aromatic N) is 2. The quantitative estimate of drug-likeness (QED) is 0.343. The Kier molecular flexibility index (Phi) is 9.00. The molecule has 3 aromatic carbocycles. The fourth-order valence-electron chi connectivity index (χ4n) is 5.76. The monoisotopic (exact) mass is 632 g/mol. The van der Waals surface area contributed by atoms with Gasteiger partial charge in [-0.3, -0.25) is 0 Å². The Morgan fingerprint density at radius 1 is 1.02 bits per heavy atom. The van der Waals surface area contributed by atoms with Crippen molar-refractivity contribution < 1.29 is 41.3 Å². The highest BCUT2D eigenvalue weighted by atomic mass is 32.2. The SMILES string of the molecule is CCS(=O)(=O)c1cccc(OCC(O)CN(C(=O)O)C2COC3(CCN(S(=O)(=O)c4ccc5ccccc5c4)CC3)C2)c1. The number of sulfonamides is 1. The predicted molar refractivity (Wildman–Crippen MR) is 159 cm³/mol. The maximum absolute atomic E-state index is 13.4. The number of carboxylic acid groups (broad SMARTS) is 1.